The Kier molecular flexibility index (Phi) is 8.07. The largest absolute Gasteiger partial charge is 0.497 e. The van der Waals surface area contributed by atoms with Gasteiger partial charge in [-0.25, -0.2) is 4.79 Å². The lowest BCUT2D eigenvalue weighted by atomic mass is 10.2. The molecule has 1 N–H and O–H groups in total. The number of allylic oxidation sites excluding steroid dienone is 1. The Bertz CT molecular complexity index is 1110. The third-order valence-electron chi connectivity index (χ3n) is 4.31. The summed E-state index contributed by atoms with van der Waals surface area (Å²) >= 11 is 2.60. The molecule has 3 aromatic rings. The summed E-state index contributed by atoms with van der Waals surface area (Å²) in [5.41, 5.74) is 1.24. The van der Waals surface area contributed by atoms with E-state index in [9.17, 15) is 9.59 Å². The molecule has 0 bridgehead atoms. The minimum Gasteiger partial charge on any atom is -0.497 e. The molecule has 8 nitrogen and oxygen atoms in total. The van der Waals surface area contributed by atoms with Crippen LogP contribution in [0.1, 0.15) is 22.2 Å². The van der Waals surface area contributed by atoms with Gasteiger partial charge in [0.05, 0.1) is 25.0 Å². The minimum absolute atomic E-state index is 0.108. The van der Waals surface area contributed by atoms with Crippen LogP contribution in [0.2, 0.25) is 0 Å². The van der Waals surface area contributed by atoms with E-state index < -0.39 is 5.97 Å². The second kappa shape index (κ2) is 11.0. The van der Waals surface area contributed by atoms with E-state index in [4.69, 9.17) is 9.47 Å². The summed E-state index contributed by atoms with van der Waals surface area (Å²) < 4.78 is 12.2. The van der Waals surface area contributed by atoms with Crippen LogP contribution in [-0.2, 0) is 16.1 Å². The normalized spacial score (nSPS) is 10.6. The van der Waals surface area contributed by atoms with Crippen molar-refractivity contribution < 1.29 is 19.1 Å². The highest BCUT2D eigenvalue weighted by molar-refractivity contribution is 7.99. The molecule has 0 aliphatic rings. The molecule has 2 aromatic heterocycles. The zero-order valence-electron chi connectivity index (χ0n) is 18.1. The number of hydrogen-bond acceptors (Lipinski definition) is 8. The zero-order valence-corrected chi connectivity index (χ0v) is 19.7. The summed E-state index contributed by atoms with van der Waals surface area (Å²) in [6, 6.07) is 9.23. The third kappa shape index (κ3) is 5.57. The average Bonchev–Trinajstić information content (AvgIpc) is 3.35. The number of methoxy groups -OCH3 is 1. The molecule has 0 aliphatic heterocycles. The minimum atomic E-state index is -0.449. The molecule has 1 aromatic carbocycles. The number of amides is 1. The average molecular weight is 473 g/mol. The number of nitrogens with one attached hydrogen (secondary N) is 1. The van der Waals surface area contributed by atoms with Crippen LogP contribution in [0.3, 0.4) is 0 Å². The van der Waals surface area contributed by atoms with Crippen molar-refractivity contribution in [3.05, 3.63) is 53.4 Å². The molecule has 0 saturated heterocycles. The second-order valence-electron chi connectivity index (χ2n) is 6.59. The van der Waals surface area contributed by atoms with Gasteiger partial charge in [0.25, 0.3) is 0 Å². The summed E-state index contributed by atoms with van der Waals surface area (Å²) in [6.07, 6.45) is 1.75. The smallest absolute Gasteiger partial charge is 0.341 e. The fourth-order valence-corrected chi connectivity index (χ4v) is 4.57. The van der Waals surface area contributed by atoms with E-state index in [-0.39, 0.29) is 18.3 Å². The van der Waals surface area contributed by atoms with E-state index in [0.29, 0.717) is 28.1 Å². The molecule has 0 fully saturated rings. The summed E-state index contributed by atoms with van der Waals surface area (Å²) in [5.74, 6) is 0.836. The van der Waals surface area contributed by atoms with Gasteiger partial charge in [-0.05, 0) is 44.2 Å². The molecular weight excluding hydrogens is 448 g/mol. The number of esters is 1. The maximum atomic E-state index is 12.6. The van der Waals surface area contributed by atoms with Gasteiger partial charge < -0.3 is 14.8 Å². The number of carbonyl (C=O) groups excluding carboxylic acids is 2. The molecule has 3 rings (SSSR count). The lowest BCUT2D eigenvalue weighted by Gasteiger charge is -2.09. The predicted octanol–water partition coefficient (Wildman–Crippen LogP) is 4.42. The summed E-state index contributed by atoms with van der Waals surface area (Å²) in [5, 5.41) is 12.4. The Morgan fingerprint density at radius 1 is 1.28 bits per heavy atom. The second-order valence-corrected chi connectivity index (χ2v) is 8.79. The standard InChI is InChI=1S/C22H24N4O4S2/c1-5-11-26-19(15-7-9-16(29-4)10-8-15)24-25-22(26)31-13-18(27)23-20-17(12-14(3)32-20)21(28)30-6-2/h5,7-10,12H,1,6,11,13H2,2-4H3,(H,23,27). The molecule has 0 saturated carbocycles. The van der Waals surface area contributed by atoms with E-state index in [1.165, 1.54) is 23.1 Å². The first kappa shape index (κ1) is 23.6. The Morgan fingerprint density at radius 3 is 2.69 bits per heavy atom. The van der Waals surface area contributed by atoms with E-state index >= 15 is 0 Å². The molecule has 2 heterocycles. The summed E-state index contributed by atoms with van der Waals surface area (Å²) in [7, 11) is 1.61. The molecule has 10 heteroatoms. The highest BCUT2D eigenvalue weighted by atomic mass is 32.2. The molecule has 0 unspecified atom stereocenters. The molecule has 168 valence electrons. The maximum Gasteiger partial charge on any atom is 0.341 e. The predicted molar refractivity (Wildman–Crippen MR) is 127 cm³/mol. The highest BCUT2D eigenvalue weighted by Crippen LogP contribution is 2.29. The highest BCUT2D eigenvalue weighted by Gasteiger charge is 2.19. The molecule has 0 aliphatic carbocycles. The Hall–Kier alpha value is -3.11. The number of benzene rings is 1. The zero-order chi connectivity index (χ0) is 23.1. The van der Waals surface area contributed by atoms with Gasteiger partial charge in [0.15, 0.2) is 11.0 Å². The van der Waals surface area contributed by atoms with Gasteiger partial charge in [-0.1, -0.05) is 17.8 Å². The monoisotopic (exact) mass is 472 g/mol. The number of carbonyl (C=O) groups is 2. The van der Waals surface area contributed by atoms with Gasteiger partial charge in [0.1, 0.15) is 10.8 Å². The summed E-state index contributed by atoms with van der Waals surface area (Å²) in [4.78, 5) is 25.6. The fraction of sp³-hybridized carbons (Fsp3) is 0.273. The number of rotatable bonds is 10. The van der Waals surface area contributed by atoms with E-state index in [1.54, 1.807) is 26.2 Å². The topological polar surface area (TPSA) is 95.3 Å². The third-order valence-corrected chi connectivity index (χ3v) is 6.25. The van der Waals surface area contributed by atoms with Crippen LogP contribution in [0, 0.1) is 6.92 Å². The number of thiophene rings is 1. The molecule has 32 heavy (non-hydrogen) atoms. The number of hydrogen-bond donors (Lipinski definition) is 1. The van der Waals surface area contributed by atoms with Crippen molar-refractivity contribution in [2.45, 2.75) is 25.5 Å². The van der Waals surface area contributed by atoms with Crippen LogP contribution in [-0.4, -0.2) is 46.1 Å². The van der Waals surface area contributed by atoms with Gasteiger partial charge in [-0.3, -0.25) is 9.36 Å². The molecule has 0 atom stereocenters. The van der Waals surface area contributed by atoms with Crippen LogP contribution in [0.25, 0.3) is 11.4 Å². The Balaban J connectivity index is 1.72. The van der Waals surface area contributed by atoms with Crippen molar-refractivity contribution in [1.29, 1.82) is 0 Å². The van der Waals surface area contributed by atoms with Crippen molar-refractivity contribution in [1.82, 2.24) is 14.8 Å². The van der Waals surface area contributed by atoms with Crippen LogP contribution >= 0.6 is 23.1 Å². The first-order valence-electron chi connectivity index (χ1n) is 9.85. The number of aromatic nitrogens is 3. The molecule has 1 amide bonds. The van der Waals surface area contributed by atoms with Gasteiger partial charge in [-0.15, -0.1) is 28.1 Å². The van der Waals surface area contributed by atoms with Crippen molar-refractivity contribution in [3.8, 4) is 17.1 Å². The van der Waals surface area contributed by atoms with Crippen LogP contribution in [0.4, 0.5) is 5.00 Å². The summed E-state index contributed by atoms with van der Waals surface area (Å²) in [6.45, 7) is 8.18. The Labute approximate surface area is 194 Å². The SMILES string of the molecule is C=CCn1c(SCC(=O)Nc2sc(C)cc2C(=O)OCC)nnc1-c1ccc(OC)cc1. The maximum absolute atomic E-state index is 12.6. The lowest BCUT2D eigenvalue weighted by molar-refractivity contribution is -0.113. The van der Waals surface area contributed by atoms with E-state index in [1.807, 2.05) is 35.8 Å². The number of ether oxygens (including phenoxy) is 2. The van der Waals surface area contributed by atoms with Gasteiger partial charge >= 0.3 is 5.97 Å². The van der Waals surface area contributed by atoms with Crippen LogP contribution in [0.5, 0.6) is 5.75 Å². The molecular formula is C22H24N4O4S2. The van der Waals surface area contributed by atoms with Crippen molar-refractivity contribution >= 4 is 40.0 Å². The van der Waals surface area contributed by atoms with Crippen molar-refractivity contribution in [3.63, 3.8) is 0 Å². The molecule has 0 spiro atoms. The fourth-order valence-electron chi connectivity index (χ4n) is 2.90. The van der Waals surface area contributed by atoms with Crippen molar-refractivity contribution in [2.24, 2.45) is 0 Å². The van der Waals surface area contributed by atoms with E-state index in [0.717, 1.165) is 16.2 Å². The van der Waals surface area contributed by atoms with E-state index in [2.05, 4.69) is 22.1 Å². The first-order valence-corrected chi connectivity index (χ1v) is 11.7. The Morgan fingerprint density at radius 2 is 2.03 bits per heavy atom. The van der Waals surface area contributed by atoms with Crippen LogP contribution < -0.4 is 10.1 Å². The van der Waals surface area contributed by atoms with Gasteiger partial charge in [0, 0.05) is 17.0 Å². The van der Waals surface area contributed by atoms with Gasteiger partial charge in [0.2, 0.25) is 5.91 Å². The number of aryl methyl sites for hydroxylation is 1. The quantitative estimate of drug-likeness (QED) is 0.265. The van der Waals surface area contributed by atoms with Crippen LogP contribution in [0.15, 0.2) is 48.1 Å². The number of anilines is 1. The molecule has 0 radical (unpaired) electrons. The number of nitrogens with zero attached hydrogens (tertiary/aromatic N) is 3. The lowest BCUT2D eigenvalue weighted by Crippen LogP contribution is -2.16. The number of thioether (sulfide) groups is 1. The van der Waals surface area contributed by atoms with Gasteiger partial charge in [-0.2, -0.15) is 0 Å². The van der Waals surface area contributed by atoms with Crippen molar-refractivity contribution in [2.75, 3.05) is 24.8 Å². The first-order chi connectivity index (χ1) is 15.5.